The van der Waals surface area contributed by atoms with Crippen LogP contribution in [0.1, 0.15) is 31.2 Å². The number of phenolic OH excluding ortho intramolecular Hbond substituents is 1. The van der Waals surface area contributed by atoms with Crippen molar-refractivity contribution in [3.05, 3.63) is 54.1 Å². The number of para-hydroxylation sites is 2. The van der Waals surface area contributed by atoms with Crippen molar-refractivity contribution in [2.45, 2.75) is 44.7 Å². The summed E-state index contributed by atoms with van der Waals surface area (Å²) in [5.74, 6) is -0.678. The van der Waals surface area contributed by atoms with Crippen LogP contribution in [0.15, 0.2) is 48.5 Å². The van der Waals surface area contributed by atoms with Gasteiger partial charge in [-0.3, -0.25) is 9.69 Å². The predicted molar refractivity (Wildman–Crippen MR) is 130 cm³/mol. The highest BCUT2D eigenvalue weighted by Gasteiger charge is 2.28. The lowest BCUT2D eigenvalue weighted by atomic mass is 10.1. The number of carboxylic acid groups (broad SMARTS) is 1. The Kier molecular flexibility index (Phi) is 7.49. The van der Waals surface area contributed by atoms with Crippen LogP contribution in [0.5, 0.6) is 5.75 Å². The van der Waals surface area contributed by atoms with Crippen LogP contribution in [-0.4, -0.2) is 56.8 Å². The number of carboxylic acids is 1. The van der Waals surface area contributed by atoms with Gasteiger partial charge in [-0.15, -0.1) is 0 Å². The van der Waals surface area contributed by atoms with Gasteiger partial charge in [0.25, 0.3) is 0 Å². The average Bonchev–Trinajstić information content (AvgIpc) is 3.41. The Morgan fingerprint density at radius 2 is 1.77 bits per heavy atom. The SMILES string of the molecule is O=C(CCCCCNC(=O)N1CCn2c1nc1ccccc12)NC(Cc1ccc(O)cc1)C(=O)O. The van der Waals surface area contributed by atoms with Crippen LogP contribution in [0.2, 0.25) is 0 Å². The molecule has 4 rings (SSSR count). The second-order valence-corrected chi connectivity index (χ2v) is 8.58. The number of benzene rings is 2. The summed E-state index contributed by atoms with van der Waals surface area (Å²) in [7, 11) is 0. The molecule has 0 radical (unpaired) electrons. The Morgan fingerprint density at radius 3 is 2.54 bits per heavy atom. The van der Waals surface area contributed by atoms with E-state index in [4.69, 9.17) is 0 Å². The van der Waals surface area contributed by atoms with E-state index in [2.05, 4.69) is 15.6 Å². The molecule has 184 valence electrons. The standard InChI is InChI=1S/C25H29N5O5/c31-18-11-9-17(10-12-18)16-20(23(33)34)27-22(32)8-2-1-5-13-26-25(35)30-15-14-29-21-7-4-3-6-19(21)28-24(29)30/h3-4,6-7,9-12,20,31H,1-2,5,8,13-16H2,(H,26,35)(H,27,32)(H,33,34). The molecule has 10 heteroatoms. The van der Waals surface area contributed by atoms with Crippen molar-refractivity contribution in [2.75, 3.05) is 18.0 Å². The zero-order valence-electron chi connectivity index (χ0n) is 19.3. The number of nitrogens with one attached hydrogen (secondary N) is 2. The number of rotatable bonds is 10. The van der Waals surface area contributed by atoms with Crippen molar-refractivity contribution >= 4 is 34.9 Å². The number of imidazole rings is 1. The van der Waals surface area contributed by atoms with Crippen molar-refractivity contribution in [1.82, 2.24) is 20.2 Å². The van der Waals surface area contributed by atoms with E-state index in [1.54, 1.807) is 17.0 Å². The van der Waals surface area contributed by atoms with Crippen molar-refractivity contribution in [3.8, 4) is 5.75 Å². The average molecular weight is 480 g/mol. The number of fused-ring (bicyclic) bond motifs is 3. The molecule has 1 aliphatic heterocycles. The van der Waals surface area contributed by atoms with Gasteiger partial charge in [0, 0.05) is 32.5 Å². The number of unbranched alkanes of at least 4 members (excludes halogenated alkanes) is 2. The predicted octanol–water partition coefficient (Wildman–Crippen LogP) is 2.64. The van der Waals surface area contributed by atoms with Gasteiger partial charge in [0.1, 0.15) is 11.8 Å². The molecule has 0 bridgehead atoms. The highest BCUT2D eigenvalue weighted by molar-refractivity contribution is 5.93. The monoisotopic (exact) mass is 479 g/mol. The number of amides is 3. The number of nitrogens with zero attached hydrogens (tertiary/aromatic N) is 3. The topological polar surface area (TPSA) is 137 Å². The summed E-state index contributed by atoms with van der Waals surface area (Å²) in [6, 6.07) is 12.8. The molecule has 35 heavy (non-hydrogen) atoms. The minimum absolute atomic E-state index is 0.0983. The van der Waals surface area contributed by atoms with Crippen molar-refractivity contribution in [3.63, 3.8) is 0 Å². The van der Waals surface area contributed by atoms with Gasteiger partial charge in [0.05, 0.1) is 11.0 Å². The second-order valence-electron chi connectivity index (χ2n) is 8.58. The first-order valence-corrected chi connectivity index (χ1v) is 11.7. The molecule has 0 spiro atoms. The number of carbonyl (C=O) groups is 3. The molecule has 3 amide bonds. The third-order valence-corrected chi connectivity index (χ3v) is 6.03. The van der Waals surface area contributed by atoms with Gasteiger partial charge in [-0.2, -0.15) is 0 Å². The summed E-state index contributed by atoms with van der Waals surface area (Å²) >= 11 is 0. The van der Waals surface area contributed by atoms with Gasteiger partial charge >= 0.3 is 12.0 Å². The van der Waals surface area contributed by atoms with Gasteiger partial charge in [-0.1, -0.05) is 30.7 Å². The molecule has 0 saturated carbocycles. The highest BCUT2D eigenvalue weighted by Crippen LogP contribution is 2.27. The Hall–Kier alpha value is -4.08. The largest absolute Gasteiger partial charge is 0.508 e. The number of urea groups is 1. The molecule has 3 aromatic rings. The minimum Gasteiger partial charge on any atom is -0.508 e. The maximum absolute atomic E-state index is 12.6. The van der Waals surface area contributed by atoms with E-state index in [0.29, 0.717) is 44.0 Å². The smallest absolute Gasteiger partial charge is 0.326 e. The summed E-state index contributed by atoms with van der Waals surface area (Å²) in [4.78, 5) is 42.5. The molecule has 1 unspecified atom stereocenters. The third-order valence-electron chi connectivity index (χ3n) is 6.03. The number of carbonyl (C=O) groups excluding carboxylic acids is 2. The fourth-order valence-electron chi connectivity index (χ4n) is 4.19. The molecule has 1 atom stereocenters. The Morgan fingerprint density at radius 1 is 1.00 bits per heavy atom. The zero-order chi connectivity index (χ0) is 24.8. The van der Waals surface area contributed by atoms with E-state index in [0.717, 1.165) is 17.5 Å². The molecule has 0 fully saturated rings. The van der Waals surface area contributed by atoms with Crippen molar-refractivity contribution in [1.29, 1.82) is 0 Å². The van der Waals surface area contributed by atoms with Crippen LogP contribution >= 0.6 is 0 Å². The van der Waals surface area contributed by atoms with E-state index in [1.807, 2.05) is 28.8 Å². The van der Waals surface area contributed by atoms with Crippen LogP contribution < -0.4 is 15.5 Å². The number of aliphatic carboxylic acids is 1. The van der Waals surface area contributed by atoms with Crippen LogP contribution in [0.25, 0.3) is 11.0 Å². The van der Waals surface area contributed by atoms with Gasteiger partial charge in [-0.25, -0.2) is 14.6 Å². The highest BCUT2D eigenvalue weighted by atomic mass is 16.4. The number of phenols is 1. The molecule has 2 aromatic carbocycles. The van der Waals surface area contributed by atoms with Crippen LogP contribution in [0.4, 0.5) is 10.7 Å². The Bertz CT molecular complexity index is 1210. The van der Waals surface area contributed by atoms with Crippen LogP contribution in [0.3, 0.4) is 0 Å². The lowest BCUT2D eigenvalue weighted by Gasteiger charge is -2.15. The summed E-state index contributed by atoms with van der Waals surface area (Å²) < 4.78 is 2.04. The van der Waals surface area contributed by atoms with Crippen molar-refractivity contribution in [2.24, 2.45) is 0 Å². The Balaban J connectivity index is 1.15. The number of anilines is 1. The first-order valence-electron chi connectivity index (χ1n) is 11.7. The number of aromatic nitrogens is 2. The molecule has 0 saturated heterocycles. The Labute approximate surface area is 202 Å². The summed E-state index contributed by atoms with van der Waals surface area (Å²) in [6.45, 7) is 1.77. The summed E-state index contributed by atoms with van der Waals surface area (Å²) in [6.07, 6.45) is 2.37. The first-order chi connectivity index (χ1) is 16.9. The normalized spacial score (nSPS) is 13.4. The maximum Gasteiger partial charge on any atom is 0.326 e. The molecule has 4 N–H and O–H groups in total. The lowest BCUT2D eigenvalue weighted by Crippen LogP contribution is -2.42. The summed E-state index contributed by atoms with van der Waals surface area (Å²) in [5.41, 5.74) is 2.59. The van der Waals surface area contributed by atoms with E-state index in [-0.39, 0.29) is 30.5 Å². The fourth-order valence-corrected chi connectivity index (χ4v) is 4.19. The van der Waals surface area contributed by atoms with Crippen LogP contribution in [-0.2, 0) is 22.6 Å². The number of hydrogen-bond acceptors (Lipinski definition) is 5. The molecular weight excluding hydrogens is 450 g/mol. The van der Waals surface area contributed by atoms with Gasteiger partial charge < -0.3 is 25.4 Å². The molecule has 1 aromatic heterocycles. The van der Waals surface area contributed by atoms with E-state index < -0.39 is 12.0 Å². The van der Waals surface area contributed by atoms with E-state index in [1.165, 1.54) is 12.1 Å². The second kappa shape index (κ2) is 10.9. The van der Waals surface area contributed by atoms with Crippen LogP contribution in [0, 0.1) is 0 Å². The molecule has 2 heterocycles. The molecule has 1 aliphatic rings. The van der Waals surface area contributed by atoms with Crippen molar-refractivity contribution < 1.29 is 24.6 Å². The molecule has 0 aliphatic carbocycles. The fraction of sp³-hybridized carbons (Fsp3) is 0.360. The quantitative estimate of drug-likeness (QED) is 0.330. The molecule has 10 nitrogen and oxygen atoms in total. The third kappa shape index (κ3) is 5.89. The summed E-state index contributed by atoms with van der Waals surface area (Å²) in [5, 5.41) is 24.2. The maximum atomic E-state index is 12.6. The zero-order valence-corrected chi connectivity index (χ0v) is 19.3. The molecular formula is C25H29N5O5. The lowest BCUT2D eigenvalue weighted by molar-refractivity contribution is -0.141. The van der Waals surface area contributed by atoms with Gasteiger partial charge in [0.15, 0.2) is 0 Å². The minimum atomic E-state index is -1.11. The number of hydrogen-bond donors (Lipinski definition) is 4. The van der Waals surface area contributed by atoms with Gasteiger partial charge in [0.2, 0.25) is 11.9 Å². The number of aromatic hydroxyl groups is 1. The first kappa shape index (κ1) is 24.1. The van der Waals surface area contributed by atoms with Gasteiger partial charge in [-0.05, 0) is 42.7 Å². The van der Waals surface area contributed by atoms with E-state index in [9.17, 15) is 24.6 Å². The van der Waals surface area contributed by atoms with E-state index >= 15 is 0 Å².